The fourth-order valence-electron chi connectivity index (χ4n) is 5.53. The molecule has 0 aliphatic heterocycles. The Bertz CT molecular complexity index is 1950. The third-order valence-corrected chi connectivity index (χ3v) is 7.79. The quantitative estimate of drug-likeness (QED) is 0.191. The van der Waals surface area contributed by atoms with Gasteiger partial charge in [0, 0.05) is 22.2 Å². The predicted molar refractivity (Wildman–Crippen MR) is 188 cm³/mol. The second-order valence-electron chi connectivity index (χ2n) is 10.7. The molecule has 1 aromatic heterocycles. The average Bonchev–Trinajstić information content (AvgIpc) is 3.43. The molecular formula is C41H35N3. The summed E-state index contributed by atoms with van der Waals surface area (Å²) in [5.41, 5.74) is 16.6. The Balaban J connectivity index is 0.000000329. The van der Waals surface area contributed by atoms with Crippen molar-refractivity contribution in [1.29, 1.82) is 0 Å². The summed E-state index contributed by atoms with van der Waals surface area (Å²) in [5, 5.41) is 2.56. The van der Waals surface area contributed by atoms with Crippen molar-refractivity contribution in [3.63, 3.8) is 0 Å². The van der Waals surface area contributed by atoms with Crippen molar-refractivity contribution in [2.45, 2.75) is 13.0 Å². The number of rotatable bonds is 7. The van der Waals surface area contributed by atoms with E-state index in [4.69, 9.17) is 5.73 Å². The zero-order valence-electron chi connectivity index (χ0n) is 24.7. The Morgan fingerprint density at radius 3 is 1.64 bits per heavy atom. The molecular weight excluding hydrogens is 534 g/mol. The highest BCUT2D eigenvalue weighted by molar-refractivity contribution is 6.09. The Morgan fingerprint density at radius 2 is 1.07 bits per heavy atom. The van der Waals surface area contributed by atoms with Crippen LogP contribution in [0.2, 0.25) is 0 Å². The van der Waals surface area contributed by atoms with Gasteiger partial charge in [0.15, 0.2) is 0 Å². The first-order valence-electron chi connectivity index (χ1n) is 14.9. The molecule has 44 heavy (non-hydrogen) atoms. The van der Waals surface area contributed by atoms with E-state index in [2.05, 4.69) is 119 Å². The third kappa shape index (κ3) is 6.38. The summed E-state index contributed by atoms with van der Waals surface area (Å²) >= 11 is 0. The summed E-state index contributed by atoms with van der Waals surface area (Å²) in [6.45, 7) is 4.13. The molecule has 0 atom stereocenters. The van der Waals surface area contributed by atoms with Gasteiger partial charge in [0.25, 0.3) is 0 Å². The van der Waals surface area contributed by atoms with Gasteiger partial charge in [-0.05, 0) is 65.2 Å². The Labute approximate surface area is 259 Å². The van der Waals surface area contributed by atoms with Gasteiger partial charge < -0.3 is 10.3 Å². The van der Waals surface area contributed by atoms with Crippen LogP contribution in [0.15, 0.2) is 169 Å². The number of aliphatic imine (C=N–C) groups is 1. The SMILES string of the molecule is C=NCc1ccccc1.N/C(=C\Cc1ccc(-c2ccc(-n3c4ccccc4c4ccccc43)cc2)cc1)c1ccccc1. The molecule has 0 amide bonds. The van der Waals surface area contributed by atoms with E-state index in [0.29, 0.717) is 0 Å². The molecule has 1 heterocycles. The maximum atomic E-state index is 6.25. The van der Waals surface area contributed by atoms with Crippen molar-refractivity contribution < 1.29 is 0 Å². The zero-order valence-corrected chi connectivity index (χ0v) is 24.7. The van der Waals surface area contributed by atoms with Crippen LogP contribution in [-0.2, 0) is 13.0 Å². The zero-order chi connectivity index (χ0) is 30.1. The minimum atomic E-state index is 0.723. The second kappa shape index (κ2) is 13.5. The number of aromatic nitrogens is 1. The Hall–Kier alpha value is -5.67. The molecule has 6 aromatic carbocycles. The molecule has 0 bridgehead atoms. The number of para-hydroxylation sites is 2. The van der Waals surface area contributed by atoms with Gasteiger partial charge in [0.2, 0.25) is 0 Å². The van der Waals surface area contributed by atoms with E-state index in [1.54, 1.807) is 0 Å². The van der Waals surface area contributed by atoms with Crippen LogP contribution in [0.5, 0.6) is 0 Å². The molecule has 214 valence electrons. The highest BCUT2D eigenvalue weighted by atomic mass is 15.0. The summed E-state index contributed by atoms with van der Waals surface area (Å²) in [5.74, 6) is 0. The van der Waals surface area contributed by atoms with Crippen molar-refractivity contribution in [3.05, 3.63) is 180 Å². The number of hydrogen-bond acceptors (Lipinski definition) is 2. The van der Waals surface area contributed by atoms with E-state index in [1.165, 1.54) is 49.7 Å². The highest BCUT2D eigenvalue weighted by Gasteiger charge is 2.11. The van der Waals surface area contributed by atoms with Gasteiger partial charge in [-0.3, -0.25) is 4.99 Å². The molecule has 0 saturated carbocycles. The molecule has 0 unspecified atom stereocenters. The molecule has 0 aliphatic carbocycles. The normalized spacial score (nSPS) is 11.2. The average molecular weight is 570 g/mol. The first-order valence-corrected chi connectivity index (χ1v) is 14.9. The molecule has 3 nitrogen and oxygen atoms in total. The lowest BCUT2D eigenvalue weighted by Crippen LogP contribution is -1.96. The maximum absolute atomic E-state index is 6.25. The first kappa shape index (κ1) is 28.4. The molecule has 3 heteroatoms. The summed E-state index contributed by atoms with van der Waals surface area (Å²) in [7, 11) is 0. The van der Waals surface area contributed by atoms with Gasteiger partial charge in [-0.15, -0.1) is 0 Å². The van der Waals surface area contributed by atoms with Gasteiger partial charge in [0.1, 0.15) is 0 Å². The van der Waals surface area contributed by atoms with E-state index in [0.717, 1.165) is 24.2 Å². The third-order valence-electron chi connectivity index (χ3n) is 7.79. The van der Waals surface area contributed by atoms with Gasteiger partial charge in [-0.2, -0.15) is 0 Å². The number of hydrogen-bond donors (Lipinski definition) is 1. The van der Waals surface area contributed by atoms with Crippen LogP contribution >= 0.6 is 0 Å². The number of benzene rings is 6. The monoisotopic (exact) mass is 569 g/mol. The smallest absolute Gasteiger partial charge is 0.0632 e. The number of nitrogens with two attached hydrogens (primary N) is 1. The lowest BCUT2D eigenvalue weighted by atomic mass is 10.0. The molecule has 0 spiro atoms. The number of allylic oxidation sites excluding steroid dienone is 1. The molecule has 7 aromatic rings. The number of fused-ring (bicyclic) bond motifs is 3. The molecule has 0 fully saturated rings. The molecule has 0 aliphatic rings. The standard InChI is InChI=1S/C33H26N2.C8H9N/c34-31(27-8-2-1-3-9-27)23-16-24-14-17-25(18-15-24)26-19-21-28(22-20-26)35-32-12-6-4-10-29(32)30-11-5-7-13-33(30)35;1-9-7-8-5-3-2-4-6-8/h1-15,17-23H,16,34H2;2-6H,1,7H2/b31-23-;. The lowest BCUT2D eigenvalue weighted by Gasteiger charge is -2.10. The van der Waals surface area contributed by atoms with Gasteiger partial charge in [-0.1, -0.05) is 140 Å². The van der Waals surface area contributed by atoms with Crippen LogP contribution in [0.25, 0.3) is 44.3 Å². The largest absolute Gasteiger partial charge is 0.398 e. The van der Waals surface area contributed by atoms with Crippen molar-refractivity contribution in [2.24, 2.45) is 10.7 Å². The second-order valence-corrected chi connectivity index (χ2v) is 10.7. The van der Waals surface area contributed by atoms with E-state index in [-0.39, 0.29) is 0 Å². The van der Waals surface area contributed by atoms with E-state index < -0.39 is 0 Å². The minimum Gasteiger partial charge on any atom is -0.398 e. The van der Waals surface area contributed by atoms with Crippen LogP contribution in [0.3, 0.4) is 0 Å². The lowest BCUT2D eigenvalue weighted by molar-refractivity contribution is 1.08. The van der Waals surface area contributed by atoms with Crippen LogP contribution in [0.1, 0.15) is 16.7 Å². The van der Waals surface area contributed by atoms with E-state index in [9.17, 15) is 0 Å². The fraction of sp³-hybridized carbons (Fsp3) is 0.0488. The predicted octanol–water partition coefficient (Wildman–Crippen LogP) is 9.88. The van der Waals surface area contributed by atoms with Crippen LogP contribution < -0.4 is 5.73 Å². The Kier molecular flexibility index (Phi) is 8.75. The van der Waals surface area contributed by atoms with Crippen molar-refractivity contribution in [3.8, 4) is 16.8 Å². The van der Waals surface area contributed by atoms with Gasteiger partial charge >= 0.3 is 0 Å². The van der Waals surface area contributed by atoms with Gasteiger partial charge in [0.05, 0.1) is 17.6 Å². The minimum absolute atomic E-state index is 0.723. The van der Waals surface area contributed by atoms with E-state index >= 15 is 0 Å². The first-order chi connectivity index (χ1) is 21.7. The van der Waals surface area contributed by atoms with Crippen LogP contribution in [0.4, 0.5) is 0 Å². The van der Waals surface area contributed by atoms with Crippen LogP contribution in [-0.4, -0.2) is 11.3 Å². The summed E-state index contributed by atoms with van der Waals surface area (Å²) < 4.78 is 2.35. The summed E-state index contributed by atoms with van der Waals surface area (Å²) in [6, 6.07) is 55.0. The molecule has 2 N–H and O–H groups in total. The highest BCUT2D eigenvalue weighted by Crippen LogP contribution is 2.32. The molecule has 7 rings (SSSR count). The van der Waals surface area contributed by atoms with Crippen LogP contribution in [0, 0.1) is 0 Å². The summed E-state index contributed by atoms with van der Waals surface area (Å²) in [4.78, 5) is 3.76. The van der Waals surface area contributed by atoms with Crippen molar-refractivity contribution >= 4 is 34.2 Å². The molecule has 0 radical (unpaired) electrons. The topological polar surface area (TPSA) is 43.3 Å². The summed E-state index contributed by atoms with van der Waals surface area (Å²) in [6.07, 6.45) is 2.90. The number of nitrogens with zero attached hydrogens (tertiary/aromatic N) is 2. The molecule has 0 saturated heterocycles. The van der Waals surface area contributed by atoms with Crippen molar-refractivity contribution in [2.75, 3.05) is 0 Å². The van der Waals surface area contributed by atoms with Gasteiger partial charge in [-0.25, -0.2) is 0 Å². The Morgan fingerprint density at radius 1 is 0.568 bits per heavy atom. The fourth-order valence-corrected chi connectivity index (χ4v) is 5.53. The van der Waals surface area contributed by atoms with Crippen molar-refractivity contribution in [1.82, 2.24) is 4.57 Å². The van der Waals surface area contributed by atoms with E-state index in [1.807, 2.05) is 60.7 Å². The maximum Gasteiger partial charge on any atom is 0.0632 e.